The smallest absolute Gasteiger partial charge is 0.265 e. The van der Waals surface area contributed by atoms with Gasteiger partial charge in [-0.15, -0.1) is 0 Å². The van der Waals surface area contributed by atoms with E-state index in [4.69, 9.17) is 4.74 Å². The number of carbonyl (C=O) groups excluding carboxylic acids is 2. The van der Waals surface area contributed by atoms with Gasteiger partial charge < -0.3 is 10.1 Å². The lowest BCUT2D eigenvalue weighted by Gasteiger charge is -2.34. The van der Waals surface area contributed by atoms with Crippen molar-refractivity contribution < 1.29 is 22.7 Å². The van der Waals surface area contributed by atoms with Gasteiger partial charge in [-0.2, -0.15) is 4.31 Å². The molecule has 1 saturated heterocycles. The normalized spacial score (nSPS) is 22.9. The molecule has 2 aliphatic rings. The fourth-order valence-electron chi connectivity index (χ4n) is 3.98. The summed E-state index contributed by atoms with van der Waals surface area (Å²) in [6.45, 7) is 8.33. The van der Waals surface area contributed by atoms with Gasteiger partial charge >= 0.3 is 0 Å². The highest BCUT2D eigenvalue weighted by molar-refractivity contribution is 7.89. The summed E-state index contributed by atoms with van der Waals surface area (Å²) in [5, 5.41) is 2.75. The molecule has 2 atom stereocenters. The number of fused-ring (bicyclic) bond motifs is 1. The van der Waals surface area contributed by atoms with E-state index in [2.05, 4.69) is 5.32 Å². The SMILES string of the molecule is CC(C)NC(=O)CN1C(=O)COc2ccc(S(=O)(=O)N3C[C@H](C)C[C@H](C)C3)cc21. The minimum Gasteiger partial charge on any atom is -0.482 e. The molecule has 1 aromatic rings. The molecule has 2 amide bonds. The zero-order valence-corrected chi connectivity index (χ0v) is 18.2. The molecule has 1 N–H and O–H groups in total. The number of piperidine rings is 1. The van der Waals surface area contributed by atoms with Crippen LogP contribution in [0.4, 0.5) is 5.69 Å². The number of hydrogen-bond acceptors (Lipinski definition) is 5. The molecular weight excluding hydrogens is 394 g/mol. The molecule has 0 unspecified atom stereocenters. The maximum absolute atomic E-state index is 13.2. The number of nitrogens with zero attached hydrogens (tertiary/aromatic N) is 2. The first-order chi connectivity index (χ1) is 13.6. The molecule has 29 heavy (non-hydrogen) atoms. The summed E-state index contributed by atoms with van der Waals surface area (Å²) < 4.78 is 33.4. The van der Waals surface area contributed by atoms with E-state index in [9.17, 15) is 18.0 Å². The van der Waals surface area contributed by atoms with E-state index in [1.807, 2.05) is 27.7 Å². The van der Waals surface area contributed by atoms with Gasteiger partial charge in [-0.25, -0.2) is 8.42 Å². The fourth-order valence-corrected chi connectivity index (χ4v) is 5.68. The summed E-state index contributed by atoms with van der Waals surface area (Å²) >= 11 is 0. The van der Waals surface area contributed by atoms with Crippen molar-refractivity contribution in [2.75, 3.05) is 31.1 Å². The minimum absolute atomic E-state index is 0.0621. The van der Waals surface area contributed by atoms with Gasteiger partial charge in [0.25, 0.3) is 5.91 Å². The first kappa shape index (κ1) is 21.6. The average Bonchev–Trinajstić information content (AvgIpc) is 2.62. The van der Waals surface area contributed by atoms with Gasteiger partial charge in [0.2, 0.25) is 15.9 Å². The van der Waals surface area contributed by atoms with Crippen molar-refractivity contribution in [1.82, 2.24) is 9.62 Å². The third-order valence-corrected chi connectivity index (χ3v) is 6.93. The molecule has 8 nitrogen and oxygen atoms in total. The van der Waals surface area contributed by atoms with Crippen molar-refractivity contribution in [3.63, 3.8) is 0 Å². The number of hydrogen-bond donors (Lipinski definition) is 1. The largest absolute Gasteiger partial charge is 0.482 e. The topological polar surface area (TPSA) is 96.0 Å². The number of carbonyl (C=O) groups is 2. The summed E-state index contributed by atoms with van der Waals surface area (Å²) in [4.78, 5) is 26.0. The second kappa shape index (κ2) is 8.31. The van der Waals surface area contributed by atoms with E-state index in [0.29, 0.717) is 24.5 Å². The number of sulfonamides is 1. The maximum atomic E-state index is 13.2. The van der Waals surface area contributed by atoms with E-state index in [1.165, 1.54) is 21.3 Å². The van der Waals surface area contributed by atoms with Gasteiger partial charge in [0.15, 0.2) is 6.61 Å². The summed E-state index contributed by atoms with van der Waals surface area (Å²) in [6, 6.07) is 4.43. The minimum atomic E-state index is -3.71. The van der Waals surface area contributed by atoms with Gasteiger partial charge in [0.05, 0.1) is 10.6 Å². The van der Waals surface area contributed by atoms with Crippen molar-refractivity contribution in [3.8, 4) is 5.75 Å². The van der Waals surface area contributed by atoms with Crippen molar-refractivity contribution >= 4 is 27.5 Å². The Bertz CT molecular complexity index is 889. The van der Waals surface area contributed by atoms with Crippen molar-refractivity contribution in [2.24, 2.45) is 11.8 Å². The van der Waals surface area contributed by atoms with E-state index < -0.39 is 10.0 Å². The van der Waals surface area contributed by atoms with E-state index in [-0.39, 0.29) is 47.7 Å². The molecule has 160 valence electrons. The van der Waals surface area contributed by atoms with Crippen LogP contribution in [0.5, 0.6) is 5.75 Å². The van der Waals surface area contributed by atoms with Crippen LogP contribution in [0.2, 0.25) is 0 Å². The zero-order chi connectivity index (χ0) is 21.3. The van der Waals surface area contributed by atoms with Crippen LogP contribution in [0.15, 0.2) is 23.1 Å². The fraction of sp³-hybridized carbons (Fsp3) is 0.600. The van der Waals surface area contributed by atoms with Gasteiger partial charge in [-0.1, -0.05) is 13.8 Å². The van der Waals surface area contributed by atoms with Crippen molar-refractivity contribution in [2.45, 2.75) is 45.1 Å². The van der Waals surface area contributed by atoms with Crippen molar-refractivity contribution in [1.29, 1.82) is 0 Å². The zero-order valence-electron chi connectivity index (χ0n) is 17.3. The second-order valence-electron chi connectivity index (χ2n) is 8.39. The summed E-state index contributed by atoms with van der Waals surface area (Å²) in [5.41, 5.74) is 0.305. The Kier molecular flexibility index (Phi) is 6.19. The number of rotatable bonds is 5. The van der Waals surface area contributed by atoms with Gasteiger partial charge in [0, 0.05) is 19.1 Å². The van der Waals surface area contributed by atoms with E-state index in [1.54, 1.807) is 6.07 Å². The third kappa shape index (κ3) is 4.72. The Labute approximate surface area is 172 Å². The molecule has 0 radical (unpaired) electrons. The lowest BCUT2D eigenvalue weighted by atomic mass is 9.94. The molecule has 0 bridgehead atoms. The number of nitrogens with one attached hydrogen (secondary N) is 1. The van der Waals surface area contributed by atoms with Crippen LogP contribution in [-0.2, 0) is 19.6 Å². The molecule has 1 aromatic carbocycles. The molecule has 0 aliphatic carbocycles. The van der Waals surface area contributed by atoms with Gasteiger partial charge in [-0.3, -0.25) is 14.5 Å². The molecular formula is C20H29N3O5S. The Hall–Kier alpha value is -2.13. The molecule has 2 heterocycles. The van der Waals surface area contributed by atoms with Crippen LogP contribution in [0, 0.1) is 11.8 Å². The second-order valence-corrected chi connectivity index (χ2v) is 10.3. The summed E-state index contributed by atoms with van der Waals surface area (Å²) in [7, 11) is -3.71. The van der Waals surface area contributed by atoms with Crippen LogP contribution in [-0.4, -0.2) is 56.8 Å². The number of ether oxygens (including phenoxy) is 1. The van der Waals surface area contributed by atoms with Crippen LogP contribution in [0.1, 0.15) is 34.1 Å². The van der Waals surface area contributed by atoms with Gasteiger partial charge in [0.1, 0.15) is 12.3 Å². The van der Waals surface area contributed by atoms with Crippen LogP contribution in [0.3, 0.4) is 0 Å². The van der Waals surface area contributed by atoms with Crippen LogP contribution < -0.4 is 15.0 Å². The van der Waals surface area contributed by atoms with Crippen LogP contribution in [0.25, 0.3) is 0 Å². The predicted octanol–water partition coefficient (Wildman–Crippen LogP) is 1.60. The first-order valence-electron chi connectivity index (χ1n) is 9.94. The lowest BCUT2D eigenvalue weighted by molar-refractivity contribution is -0.125. The van der Waals surface area contributed by atoms with Gasteiger partial charge in [-0.05, 0) is 50.3 Å². The molecule has 2 aliphatic heterocycles. The molecule has 3 rings (SSSR count). The maximum Gasteiger partial charge on any atom is 0.265 e. The molecule has 1 fully saturated rings. The van der Waals surface area contributed by atoms with Crippen LogP contribution >= 0.6 is 0 Å². The van der Waals surface area contributed by atoms with Crippen molar-refractivity contribution in [3.05, 3.63) is 18.2 Å². The number of anilines is 1. The molecule has 0 aromatic heterocycles. The lowest BCUT2D eigenvalue weighted by Crippen LogP contribution is -2.46. The highest BCUT2D eigenvalue weighted by Crippen LogP contribution is 2.36. The highest BCUT2D eigenvalue weighted by Gasteiger charge is 2.34. The monoisotopic (exact) mass is 423 g/mol. The highest BCUT2D eigenvalue weighted by atomic mass is 32.2. The third-order valence-electron chi connectivity index (χ3n) is 5.10. The number of benzene rings is 1. The Morgan fingerprint density at radius 2 is 1.90 bits per heavy atom. The molecule has 9 heteroatoms. The first-order valence-corrected chi connectivity index (χ1v) is 11.4. The summed E-state index contributed by atoms with van der Waals surface area (Å²) in [5.74, 6) is 0.264. The standard InChI is InChI=1S/C20H29N3O5S/c1-13(2)21-19(24)11-23-17-8-16(5-6-18(17)28-12-20(23)25)29(26,27)22-9-14(3)7-15(4)10-22/h5-6,8,13-15H,7,9-12H2,1-4H3,(H,21,24)/t14-,15+. The Morgan fingerprint density at radius 1 is 1.24 bits per heavy atom. The molecule has 0 saturated carbocycles. The van der Waals surface area contributed by atoms with E-state index >= 15 is 0 Å². The van der Waals surface area contributed by atoms with E-state index in [0.717, 1.165) is 6.42 Å². The Balaban J connectivity index is 1.92. The Morgan fingerprint density at radius 3 is 2.52 bits per heavy atom. The number of amides is 2. The summed E-state index contributed by atoms with van der Waals surface area (Å²) in [6.07, 6.45) is 0.997. The predicted molar refractivity (Wildman–Crippen MR) is 109 cm³/mol. The molecule has 0 spiro atoms. The quantitative estimate of drug-likeness (QED) is 0.776. The average molecular weight is 424 g/mol.